The molecule has 1 saturated carbocycles. The van der Waals surface area contributed by atoms with Gasteiger partial charge in [0.15, 0.2) is 0 Å². The Balaban J connectivity index is 1.50. The number of hydrogen-bond donors (Lipinski definition) is 2. The summed E-state index contributed by atoms with van der Waals surface area (Å²) in [6, 6.07) is 5.68. The normalized spacial score (nSPS) is 25.5. The van der Waals surface area contributed by atoms with Gasteiger partial charge in [-0.2, -0.15) is 0 Å². The average molecular weight is 355 g/mol. The zero-order valence-electron chi connectivity index (χ0n) is 15.1. The second kappa shape index (κ2) is 6.41. The molecule has 4 rings (SSSR count). The predicted octanol–water partition coefficient (Wildman–Crippen LogP) is 2.00. The lowest BCUT2D eigenvalue weighted by molar-refractivity contribution is -0.135. The Morgan fingerprint density at radius 2 is 1.92 bits per heavy atom. The number of rotatable bonds is 4. The zero-order chi connectivity index (χ0) is 18.3. The minimum Gasteiger partial charge on any atom is -0.352 e. The van der Waals surface area contributed by atoms with Crippen LogP contribution in [-0.4, -0.2) is 35.3 Å². The van der Waals surface area contributed by atoms with E-state index in [2.05, 4.69) is 16.7 Å². The highest BCUT2D eigenvalue weighted by Crippen LogP contribution is 2.32. The molecule has 4 amide bonds. The monoisotopic (exact) mass is 355 g/mol. The van der Waals surface area contributed by atoms with Crippen LogP contribution in [-0.2, 0) is 28.0 Å². The lowest BCUT2D eigenvalue weighted by Gasteiger charge is -2.23. The first-order chi connectivity index (χ1) is 12.5. The first-order valence-corrected chi connectivity index (χ1v) is 9.53. The number of benzene rings is 1. The number of fused-ring (bicyclic) bond motifs is 1. The van der Waals surface area contributed by atoms with Crippen molar-refractivity contribution >= 4 is 17.8 Å². The van der Waals surface area contributed by atoms with Crippen LogP contribution in [0.1, 0.15) is 55.7 Å². The van der Waals surface area contributed by atoms with Crippen LogP contribution in [0.25, 0.3) is 0 Å². The van der Waals surface area contributed by atoms with Crippen molar-refractivity contribution in [2.45, 2.75) is 63.5 Å². The summed E-state index contributed by atoms with van der Waals surface area (Å²) < 4.78 is 0. The largest absolute Gasteiger partial charge is 0.352 e. The third kappa shape index (κ3) is 2.87. The molecule has 2 N–H and O–H groups in total. The van der Waals surface area contributed by atoms with Crippen molar-refractivity contribution in [3.8, 4) is 0 Å². The first kappa shape index (κ1) is 17.1. The van der Waals surface area contributed by atoms with Gasteiger partial charge in [0.05, 0.1) is 0 Å². The van der Waals surface area contributed by atoms with E-state index in [0.717, 1.165) is 55.4 Å². The summed E-state index contributed by atoms with van der Waals surface area (Å²) in [4.78, 5) is 38.7. The maximum absolute atomic E-state index is 13.0. The summed E-state index contributed by atoms with van der Waals surface area (Å²) >= 11 is 0. The van der Waals surface area contributed by atoms with Gasteiger partial charge in [0.2, 0.25) is 5.91 Å². The number of imide groups is 1. The Bertz CT molecular complexity index is 770. The minimum atomic E-state index is -1.11. The molecule has 0 unspecified atom stereocenters. The zero-order valence-corrected chi connectivity index (χ0v) is 15.1. The highest BCUT2D eigenvalue weighted by molar-refractivity contribution is 6.09. The summed E-state index contributed by atoms with van der Waals surface area (Å²) in [5, 5.41) is 5.73. The van der Waals surface area contributed by atoms with E-state index < -0.39 is 11.6 Å². The summed E-state index contributed by atoms with van der Waals surface area (Å²) in [7, 11) is 0. The van der Waals surface area contributed by atoms with E-state index in [1.54, 1.807) is 6.92 Å². The SMILES string of the molecule is C[C@]1(c2ccc3c(c2)CCC3)NC(=O)N(CC(=O)NC2CCCC2)C1=O. The highest BCUT2D eigenvalue weighted by Gasteiger charge is 2.49. The molecule has 138 valence electrons. The predicted molar refractivity (Wildman–Crippen MR) is 96.5 cm³/mol. The van der Waals surface area contributed by atoms with Gasteiger partial charge in [0.1, 0.15) is 12.1 Å². The van der Waals surface area contributed by atoms with Gasteiger partial charge in [-0.3, -0.25) is 14.5 Å². The number of amides is 4. The molecule has 1 aliphatic heterocycles. The Morgan fingerprint density at radius 1 is 1.19 bits per heavy atom. The van der Waals surface area contributed by atoms with Crippen molar-refractivity contribution in [3.63, 3.8) is 0 Å². The van der Waals surface area contributed by atoms with Crippen molar-refractivity contribution in [1.29, 1.82) is 0 Å². The Kier molecular flexibility index (Phi) is 4.21. The standard InChI is InChI=1S/C20H25N3O3/c1-20(15-10-9-13-5-4-6-14(13)11-15)18(25)23(19(26)22-20)12-17(24)21-16-7-2-3-8-16/h9-11,16H,2-8,12H2,1H3,(H,21,24)(H,22,26)/t20-/m1/s1. The van der Waals surface area contributed by atoms with Crippen molar-refractivity contribution in [2.75, 3.05) is 6.54 Å². The molecule has 26 heavy (non-hydrogen) atoms. The van der Waals surface area contributed by atoms with Crippen LogP contribution < -0.4 is 10.6 Å². The molecule has 0 spiro atoms. The fourth-order valence-corrected chi connectivity index (χ4v) is 4.41. The lowest BCUT2D eigenvalue weighted by Crippen LogP contribution is -2.45. The third-order valence-corrected chi connectivity index (χ3v) is 5.97. The van der Waals surface area contributed by atoms with E-state index in [4.69, 9.17) is 0 Å². The Hall–Kier alpha value is -2.37. The van der Waals surface area contributed by atoms with Crippen LogP contribution in [0, 0.1) is 0 Å². The molecule has 0 aromatic heterocycles. The molecule has 1 saturated heterocycles. The smallest absolute Gasteiger partial charge is 0.325 e. The van der Waals surface area contributed by atoms with Crippen LogP contribution in [0.3, 0.4) is 0 Å². The van der Waals surface area contributed by atoms with Crippen LogP contribution in [0.15, 0.2) is 18.2 Å². The second-order valence-corrected chi connectivity index (χ2v) is 7.83. The molecule has 0 bridgehead atoms. The minimum absolute atomic E-state index is 0.173. The van der Waals surface area contributed by atoms with E-state index in [1.807, 2.05) is 12.1 Å². The number of hydrogen-bond acceptors (Lipinski definition) is 3. The van der Waals surface area contributed by atoms with Gasteiger partial charge in [0, 0.05) is 6.04 Å². The van der Waals surface area contributed by atoms with E-state index in [0.29, 0.717) is 0 Å². The third-order valence-electron chi connectivity index (χ3n) is 5.97. The van der Waals surface area contributed by atoms with Crippen molar-refractivity contribution in [3.05, 3.63) is 34.9 Å². The number of carbonyl (C=O) groups is 3. The molecule has 6 nitrogen and oxygen atoms in total. The van der Waals surface area contributed by atoms with Gasteiger partial charge in [-0.1, -0.05) is 31.0 Å². The van der Waals surface area contributed by atoms with Crippen molar-refractivity contribution in [1.82, 2.24) is 15.5 Å². The Labute approximate surface area is 153 Å². The summed E-state index contributed by atoms with van der Waals surface area (Å²) in [5.41, 5.74) is 2.25. The lowest BCUT2D eigenvalue weighted by atomic mass is 9.89. The molecule has 1 atom stereocenters. The number of nitrogens with one attached hydrogen (secondary N) is 2. The van der Waals surface area contributed by atoms with Crippen LogP contribution in [0.2, 0.25) is 0 Å². The van der Waals surface area contributed by atoms with Gasteiger partial charge in [-0.25, -0.2) is 4.79 Å². The number of aryl methyl sites for hydroxylation is 2. The van der Waals surface area contributed by atoms with Gasteiger partial charge in [0.25, 0.3) is 5.91 Å². The van der Waals surface area contributed by atoms with E-state index in [1.165, 1.54) is 11.1 Å². The number of urea groups is 1. The summed E-state index contributed by atoms with van der Waals surface area (Å²) in [6.07, 6.45) is 7.38. The van der Waals surface area contributed by atoms with Gasteiger partial charge < -0.3 is 10.6 Å². The first-order valence-electron chi connectivity index (χ1n) is 9.53. The van der Waals surface area contributed by atoms with Crippen LogP contribution >= 0.6 is 0 Å². The number of carbonyl (C=O) groups excluding carboxylic acids is 3. The van der Waals surface area contributed by atoms with Gasteiger partial charge >= 0.3 is 6.03 Å². The molecule has 3 aliphatic rings. The fraction of sp³-hybridized carbons (Fsp3) is 0.550. The molecule has 1 heterocycles. The highest BCUT2D eigenvalue weighted by atomic mass is 16.2. The molecule has 1 aromatic rings. The maximum Gasteiger partial charge on any atom is 0.325 e. The molecular weight excluding hydrogens is 330 g/mol. The van der Waals surface area contributed by atoms with E-state index >= 15 is 0 Å². The quantitative estimate of drug-likeness (QED) is 0.811. The van der Waals surface area contributed by atoms with Crippen molar-refractivity contribution in [2.24, 2.45) is 0 Å². The summed E-state index contributed by atoms with van der Waals surface area (Å²) in [5.74, 6) is -0.624. The molecule has 2 fully saturated rings. The molecule has 0 radical (unpaired) electrons. The van der Waals surface area contributed by atoms with Crippen LogP contribution in [0.4, 0.5) is 4.79 Å². The van der Waals surface area contributed by atoms with Gasteiger partial charge in [-0.05, 0) is 55.7 Å². The van der Waals surface area contributed by atoms with Crippen LogP contribution in [0.5, 0.6) is 0 Å². The van der Waals surface area contributed by atoms with Crippen molar-refractivity contribution < 1.29 is 14.4 Å². The summed E-state index contributed by atoms with van der Waals surface area (Å²) in [6.45, 7) is 1.50. The van der Waals surface area contributed by atoms with E-state index in [-0.39, 0.29) is 24.4 Å². The number of nitrogens with zero attached hydrogens (tertiary/aromatic N) is 1. The average Bonchev–Trinajstić information content (AvgIpc) is 3.32. The fourth-order valence-electron chi connectivity index (χ4n) is 4.41. The van der Waals surface area contributed by atoms with Gasteiger partial charge in [-0.15, -0.1) is 0 Å². The maximum atomic E-state index is 13.0. The molecule has 1 aromatic carbocycles. The Morgan fingerprint density at radius 3 is 2.69 bits per heavy atom. The second-order valence-electron chi connectivity index (χ2n) is 7.83. The topological polar surface area (TPSA) is 78.5 Å². The molecular formula is C20H25N3O3. The van der Waals surface area contributed by atoms with E-state index in [9.17, 15) is 14.4 Å². The molecule has 2 aliphatic carbocycles. The molecule has 6 heteroatoms.